The number of nitrogens with one attached hydrogen (secondary N) is 2. The lowest BCUT2D eigenvalue weighted by Gasteiger charge is -2.10. The molecule has 1 heterocycles. The number of aromatic nitrogens is 2. The van der Waals surface area contributed by atoms with Crippen LogP contribution in [0.15, 0.2) is 78.9 Å². The van der Waals surface area contributed by atoms with Gasteiger partial charge in [0, 0.05) is 22.8 Å². The van der Waals surface area contributed by atoms with Crippen LogP contribution in [0.2, 0.25) is 0 Å². The minimum atomic E-state index is -0.412. The van der Waals surface area contributed by atoms with Crippen molar-refractivity contribution in [3.63, 3.8) is 0 Å². The Kier molecular flexibility index (Phi) is 5.98. The highest BCUT2D eigenvalue weighted by Crippen LogP contribution is 2.32. The zero-order valence-corrected chi connectivity index (χ0v) is 17.6. The second kappa shape index (κ2) is 9.18. The van der Waals surface area contributed by atoms with E-state index < -0.39 is 5.91 Å². The maximum absolute atomic E-state index is 12.9. The standard InChI is InChI=1S/C25H21N3O4/c1-31-17-12-13-18(23(14-17)32-2)21-15-22(28-27-21)25(30)26-20-11-7-6-10-19(20)24(29)16-8-4-3-5-9-16/h3-15H,1-2H3,(H,26,30)(H,27,28). The first kappa shape index (κ1) is 20.9. The first-order valence-electron chi connectivity index (χ1n) is 9.88. The van der Waals surface area contributed by atoms with Gasteiger partial charge in [0.1, 0.15) is 17.2 Å². The molecule has 0 bridgehead atoms. The Balaban J connectivity index is 1.58. The topological polar surface area (TPSA) is 93.3 Å². The number of aromatic amines is 1. The van der Waals surface area contributed by atoms with E-state index in [1.54, 1.807) is 80.9 Å². The van der Waals surface area contributed by atoms with Crippen LogP contribution in [0, 0.1) is 0 Å². The van der Waals surface area contributed by atoms with Crippen molar-refractivity contribution in [2.45, 2.75) is 0 Å². The quantitative estimate of drug-likeness (QED) is 0.421. The molecular weight excluding hydrogens is 406 g/mol. The van der Waals surface area contributed by atoms with E-state index in [1.165, 1.54) is 0 Å². The van der Waals surface area contributed by atoms with Gasteiger partial charge in [-0.25, -0.2) is 0 Å². The third-order valence-electron chi connectivity index (χ3n) is 4.96. The van der Waals surface area contributed by atoms with Crippen LogP contribution in [0.4, 0.5) is 5.69 Å². The Morgan fingerprint density at radius 3 is 2.38 bits per heavy atom. The van der Waals surface area contributed by atoms with Crippen molar-refractivity contribution in [1.29, 1.82) is 0 Å². The highest BCUT2D eigenvalue weighted by atomic mass is 16.5. The zero-order valence-electron chi connectivity index (χ0n) is 17.6. The Bertz CT molecular complexity index is 1270. The van der Waals surface area contributed by atoms with Crippen LogP contribution in [0.5, 0.6) is 11.5 Å². The number of methoxy groups -OCH3 is 2. The molecule has 4 rings (SSSR count). The molecule has 0 saturated carbocycles. The predicted octanol–water partition coefficient (Wildman–Crippen LogP) is 4.58. The van der Waals surface area contributed by atoms with Crippen molar-refractivity contribution in [2.75, 3.05) is 19.5 Å². The van der Waals surface area contributed by atoms with Crippen molar-refractivity contribution in [1.82, 2.24) is 10.2 Å². The van der Waals surface area contributed by atoms with Crippen LogP contribution in [0.25, 0.3) is 11.3 Å². The third kappa shape index (κ3) is 4.22. The summed E-state index contributed by atoms with van der Waals surface area (Å²) in [6, 6.07) is 22.8. The summed E-state index contributed by atoms with van der Waals surface area (Å²) < 4.78 is 10.6. The molecule has 7 heteroatoms. The van der Waals surface area contributed by atoms with E-state index in [9.17, 15) is 9.59 Å². The number of amides is 1. The van der Waals surface area contributed by atoms with Gasteiger partial charge in [-0.1, -0.05) is 42.5 Å². The fourth-order valence-electron chi connectivity index (χ4n) is 3.31. The highest BCUT2D eigenvalue weighted by molar-refractivity contribution is 6.15. The summed E-state index contributed by atoms with van der Waals surface area (Å²) >= 11 is 0. The largest absolute Gasteiger partial charge is 0.497 e. The summed E-state index contributed by atoms with van der Waals surface area (Å²) in [6.07, 6.45) is 0. The number of carbonyl (C=O) groups is 2. The molecule has 2 N–H and O–H groups in total. The molecule has 0 fully saturated rings. The van der Waals surface area contributed by atoms with Crippen LogP contribution in [-0.2, 0) is 0 Å². The predicted molar refractivity (Wildman–Crippen MR) is 121 cm³/mol. The molecule has 0 aliphatic rings. The number of anilines is 1. The molecule has 4 aromatic rings. The molecule has 0 atom stereocenters. The number of H-pyrrole nitrogens is 1. The summed E-state index contributed by atoms with van der Waals surface area (Å²) in [5.74, 6) is 0.639. The van der Waals surface area contributed by atoms with Gasteiger partial charge in [-0.05, 0) is 30.3 Å². The van der Waals surface area contributed by atoms with Crippen LogP contribution < -0.4 is 14.8 Å². The molecule has 0 aliphatic heterocycles. The van der Waals surface area contributed by atoms with E-state index in [0.717, 1.165) is 0 Å². The number of benzene rings is 3. The summed E-state index contributed by atoms with van der Waals surface area (Å²) in [5.41, 5.74) is 2.88. The lowest BCUT2D eigenvalue weighted by Crippen LogP contribution is -2.15. The molecule has 32 heavy (non-hydrogen) atoms. The molecular formula is C25H21N3O4. The fourth-order valence-corrected chi connectivity index (χ4v) is 3.31. The van der Waals surface area contributed by atoms with Crippen LogP contribution in [0.1, 0.15) is 26.4 Å². The second-order valence-corrected chi connectivity index (χ2v) is 6.93. The van der Waals surface area contributed by atoms with Gasteiger partial charge in [0.2, 0.25) is 0 Å². The summed E-state index contributed by atoms with van der Waals surface area (Å²) in [6.45, 7) is 0. The SMILES string of the molecule is COc1ccc(-c2cc(C(=O)Nc3ccccc3C(=O)c3ccccc3)[nH]n2)c(OC)c1. The monoisotopic (exact) mass is 427 g/mol. The minimum absolute atomic E-state index is 0.172. The molecule has 1 aromatic heterocycles. The number of ketones is 1. The van der Waals surface area contributed by atoms with E-state index in [1.807, 2.05) is 12.1 Å². The number of nitrogens with zero attached hydrogens (tertiary/aromatic N) is 1. The van der Waals surface area contributed by atoms with Crippen molar-refractivity contribution in [3.05, 3.63) is 95.7 Å². The molecule has 1 amide bonds. The van der Waals surface area contributed by atoms with Gasteiger partial charge in [-0.2, -0.15) is 5.10 Å². The zero-order chi connectivity index (χ0) is 22.5. The third-order valence-corrected chi connectivity index (χ3v) is 4.96. The number of rotatable bonds is 7. The number of ether oxygens (including phenoxy) is 2. The highest BCUT2D eigenvalue weighted by Gasteiger charge is 2.18. The van der Waals surface area contributed by atoms with Crippen LogP contribution >= 0.6 is 0 Å². The Morgan fingerprint density at radius 2 is 1.62 bits per heavy atom. The molecule has 0 aliphatic carbocycles. The van der Waals surface area contributed by atoms with Gasteiger partial charge in [0.05, 0.1) is 25.6 Å². The van der Waals surface area contributed by atoms with E-state index in [-0.39, 0.29) is 11.5 Å². The normalized spacial score (nSPS) is 10.4. The van der Waals surface area contributed by atoms with E-state index in [0.29, 0.717) is 39.6 Å². The van der Waals surface area contributed by atoms with Gasteiger partial charge in [0.25, 0.3) is 5.91 Å². The van der Waals surface area contributed by atoms with Crippen LogP contribution in [-0.4, -0.2) is 36.1 Å². The number of carbonyl (C=O) groups excluding carboxylic acids is 2. The number of hydrogen-bond acceptors (Lipinski definition) is 5. The molecule has 3 aromatic carbocycles. The smallest absolute Gasteiger partial charge is 0.273 e. The fraction of sp³-hybridized carbons (Fsp3) is 0.0800. The first-order chi connectivity index (χ1) is 15.6. The first-order valence-corrected chi connectivity index (χ1v) is 9.88. The molecule has 0 radical (unpaired) electrons. The molecule has 7 nitrogen and oxygen atoms in total. The number of para-hydroxylation sites is 1. The average Bonchev–Trinajstić information content (AvgIpc) is 3.34. The number of hydrogen-bond donors (Lipinski definition) is 2. The van der Waals surface area contributed by atoms with Crippen LogP contribution in [0.3, 0.4) is 0 Å². The lowest BCUT2D eigenvalue weighted by atomic mass is 10.0. The maximum Gasteiger partial charge on any atom is 0.273 e. The van der Waals surface area contributed by atoms with E-state index in [2.05, 4.69) is 15.5 Å². The summed E-state index contributed by atoms with van der Waals surface area (Å²) in [4.78, 5) is 25.8. The lowest BCUT2D eigenvalue weighted by molar-refractivity contribution is 0.102. The summed E-state index contributed by atoms with van der Waals surface area (Å²) in [5, 5.41) is 9.80. The average molecular weight is 427 g/mol. The van der Waals surface area contributed by atoms with Crippen molar-refractivity contribution in [3.8, 4) is 22.8 Å². The van der Waals surface area contributed by atoms with Gasteiger partial charge in [0.15, 0.2) is 5.78 Å². The molecule has 0 unspecified atom stereocenters. The Labute approximate surface area is 185 Å². The molecule has 160 valence electrons. The van der Waals surface area contributed by atoms with Crippen molar-refractivity contribution >= 4 is 17.4 Å². The Morgan fingerprint density at radius 1 is 0.875 bits per heavy atom. The molecule has 0 spiro atoms. The second-order valence-electron chi connectivity index (χ2n) is 6.93. The Hall–Kier alpha value is -4.39. The maximum atomic E-state index is 12.9. The van der Waals surface area contributed by atoms with Gasteiger partial charge >= 0.3 is 0 Å². The van der Waals surface area contributed by atoms with Crippen molar-refractivity contribution in [2.24, 2.45) is 0 Å². The van der Waals surface area contributed by atoms with Crippen molar-refractivity contribution < 1.29 is 19.1 Å². The minimum Gasteiger partial charge on any atom is -0.497 e. The van der Waals surface area contributed by atoms with Gasteiger partial charge in [-0.3, -0.25) is 14.7 Å². The van der Waals surface area contributed by atoms with E-state index >= 15 is 0 Å². The molecule has 0 saturated heterocycles. The summed E-state index contributed by atoms with van der Waals surface area (Å²) in [7, 11) is 3.13. The van der Waals surface area contributed by atoms with Gasteiger partial charge < -0.3 is 14.8 Å². The van der Waals surface area contributed by atoms with Gasteiger partial charge in [-0.15, -0.1) is 0 Å². The van der Waals surface area contributed by atoms with E-state index in [4.69, 9.17) is 9.47 Å².